The molecule has 0 unspecified atom stereocenters. The van der Waals surface area contributed by atoms with Gasteiger partial charge < -0.3 is 10.6 Å². The van der Waals surface area contributed by atoms with Crippen LogP contribution in [0, 0.1) is 5.41 Å². The van der Waals surface area contributed by atoms with E-state index >= 15 is 0 Å². The standard InChI is InChI=1S/C12H22N2O/c1-12(7-4-8-12)9-13-11(15)14-10-5-2-3-6-10/h10H,2-9H2,1H3,(H2,13,14,15). The lowest BCUT2D eigenvalue weighted by molar-refractivity contribution is 0.156. The quantitative estimate of drug-likeness (QED) is 0.738. The fourth-order valence-electron chi connectivity index (χ4n) is 2.56. The Morgan fingerprint density at radius 3 is 2.47 bits per heavy atom. The average molecular weight is 210 g/mol. The monoisotopic (exact) mass is 210 g/mol. The van der Waals surface area contributed by atoms with Gasteiger partial charge in [0.1, 0.15) is 0 Å². The van der Waals surface area contributed by atoms with Crippen LogP contribution in [0.15, 0.2) is 0 Å². The van der Waals surface area contributed by atoms with Gasteiger partial charge >= 0.3 is 6.03 Å². The van der Waals surface area contributed by atoms with Crippen molar-refractivity contribution in [2.75, 3.05) is 6.54 Å². The van der Waals surface area contributed by atoms with Gasteiger partial charge in [0.15, 0.2) is 0 Å². The predicted molar refractivity (Wildman–Crippen MR) is 60.7 cm³/mol. The summed E-state index contributed by atoms with van der Waals surface area (Å²) in [4.78, 5) is 11.6. The Morgan fingerprint density at radius 1 is 1.27 bits per heavy atom. The number of carbonyl (C=O) groups is 1. The highest BCUT2D eigenvalue weighted by Crippen LogP contribution is 2.39. The van der Waals surface area contributed by atoms with Crippen LogP contribution in [0.1, 0.15) is 51.9 Å². The summed E-state index contributed by atoms with van der Waals surface area (Å²) in [7, 11) is 0. The molecular weight excluding hydrogens is 188 g/mol. The Kier molecular flexibility index (Phi) is 3.17. The summed E-state index contributed by atoms with van der Waals surface area (Å²) < 4.78 is 0. The van der Waals surface area contributed by atoms with Crippen molar-refractivity contribution >= 4 is 6.03 Å². The van der Waals surface area contributed by atoms with E-state index in [1.165, 1.54) is 32.1 Å². The molecular formula is C12H22N2O. The zero-order valence-electron chi connectivity index (χ0n) is 9.64. The van der Waals surface area contributed by atoms with Crippen molar-refractivity contribution in [3.05, 3.63) is 0 Å². The highest BCUT2D eigenvalue weighted by atomic mass is 16.2. The van der Waals surface area contributed by atoms with Crippen LogP contribution in [0.5, 0.6) is 0 Å². The Hall–Kier alpha value is -0.730. The zero-order valence-corrected chi connectivity index (χ0v) is 9.64. The molecule has 0 aromatic rings. The minimum atomic E-state index is 0.0371. The second kappa shape index (κ2) is 4.42. The third-order valence-electron chi connectivity index (χ3n) is 3.93. The van der Waals surface area contributed by atoms with E-state index in [-0.39, 0.29) is 6.03 Å². The summed E-state index contributed by atoms with van der Waals surface area (Å²) in [5.41, 5.74) is 0.382. The van der Waals surface area contributed by atoms with E-state index in [1.807, 2.05) is 0 Å². The molecule has 0 heterocycles. The molecule has 0 aliphatic heterocycles. The minimum Gasteiger partial charge on any atom is -0.338 e. The molecule has 2 amide bonds. The van der Waals surface area contributed by atoms with Crippen molar-refractivity contribution in [1.82, 2.24) is 10.6 Å². The Morgan fingerprint density at radius 2 is 1.93 bits per heavy atom. The Labute approximate surface area is 92.0 Å². The molecule has 3 nitrogen and oxygen atoms in total. The molecule has 2 saturated carbocycles. The number of urea groups is 1. The van der Waals surface area contributed by atoms with Gasteiger partial charge in [0, 0.05) is 12.6 Å². The van der Waals surface area contributed by atoms with Crippen LogP contribution in [0.2, 0.25) is 0 Å². The van der Waals surface area contributed by atoms with E-state index in [1.54, 1.807) is 0 Å². The lowest BCUT2D eigenvalue weighted by Crippen LogP contribution is -2.46. The van der Waals surface area contributed by atoms with Crippen molar-refractivity contribution in [3.63, 3.8) is 0 Å². The van der Waals surface area contributed by atoms with Gasteiger partial charge in [-0.05, 0) is 31.1 Å². The molecule has 0 bridgehead atoms. The summed E-state index contributed by atoms with van der Waals surface area (Å²) in [5, 5.41) is 6.05. The number of hydrogen-bond acceptors (Lipinski definition) is 1. The lowest BCUT2D eigenvalue weighted by Gasteiger charge is -2.38. The molecule has 2 N–H and O–H groups in total. The molecule has 2 fully saturated rings. The summed E-state index contributed by atoms with van der Waals surface area (Å²) >= 11 is 0. The molecule has 0 aromatic heterocycles. The van der Waals surface area contributed by atoms with Crippen LogP contribution < -0.4 is 10.6 Å². The third-order valence-corrected chi connectivity index (χ3v) is 3.93. The van der Waals surface area contributed by atoms with Gasteiger partial charge in [-0.15, -0.1) is 0 Å². The van der Waals surface area contributed by atoms with Crippen molar-refractivity contribution in [3.8, 4) is 0 Å². The number of carbonyl (C=O) groups excluding carboxylic acids is 1. The van der Waals surface area contributed by atoms with Gasteiger partial charge in [0.05, 0.1) is 0 Å². The normalized spacial score (nSPS) is 24.6. The maximum atomic E-state index is 11.6. The first-order valence-electron chi connectivity index (χ1n) is 6.22. The minimum absolute atomic E-state index is 0.0371. The molecule has 2 rings (SSSR count). The van der Waals surface area contributed by atoms with Gasteiger partial charge in [0.2, 0.25) is 0 Å². The van der Waals surface area contributed by atoms with E-state index in [0.717, 1.165) is 19.4 Å². The van der Waals surface area contributed by atoms with Crippen LogP contribution in [0.4, 0.5) is 4.79 Å². The van der Waals surface area contributed by atoms with Crippen molar-refractivity contribution < 1.29 is 4.79 Å². The van der Waals surface area contributed by atoms with Crippen LogP contribution in [-0.2, 0) is 0 Å². The van der Waals surface area contributed by atoms with Crippen LogP contribution >= 0.6 is 0 Å². The van der Waals surface area contributed by atoms with E-state index < -0.39 is 0 Å². The molecule has 0 spiro atoms. The zero-order chi connectivity index (χ0) is 10.7. The van der Waals surface area contributed by atoms with E-state index in [4.69, 9.17) is 0 Å². The lowest BCUT2D eigenvalue weighted by atomic mass is 9.70. The van der Waals surface area contributed by atoms with Crippen molar-refractivity contribution in [2.24, 2.45) is 5.41 Å². The van der Waals surface area contributed by atoms with Crippen LogP contribution in [-0.4, -0.2) is 18.6 Å². The van der Waals surface area contributed by atoms with Crippen molar-refractivity contribution in [2.45, 2.75) is 57.9 Å². The summed E-state index contributed by atoms with van der Waals surface area (Å²) in [5.74, 6) is 0. The van der Waals surface area contributed by atoms with Crippen LogP contribution in [0.25, 0.3) is 0 Å². The predicted octanol–water partition coefficient (Wildman–Crippen LogP) is 2.42. The molecule has 86 valence electrons. The second-order valence-electron chi connectivity index (χ2n) is 5.47. The first kappa shape index (κ1) is 10.8. The molecule has 2 aliphatic carbocycles. The van der Waals surface area contributed by atoms with Gasteiger partial charge in [-0.25, -0.2) is 4.79 Å². The maximum absolute atomic E-state index is 11.6. The topological polar surface area (TPSA) is 41.1 Å². The van der Waals surface area contributed by atoms with Crippen molar-refractivity contribution in [1.29, 1.82) is 0 Å². The van der Waals surface area contributed by atoms with Gasteiger partial charge in [0.25, 0.3) is 0 Å². The first-order chi connectivity index (χ1) is 7.18. The van der Waals surface area contributed by atoms with E-state index in [2.05, 4.69) is 17.6 Å². The highest BCUT2D eigenvalue weighted by molar-refractivity contribution is 5.74. The summed E-state index contributed by atoms with van der Waals surface area (Å²) in [6.07, 6.45) is 8.69. The van der Waals surface area contributed by atoms with E-state index in [9.17, 15) is 4.79 Å². The van der Waals surface area contributed by atoms with E-state index in [0.29, 0.717) is 11.5 Å². The fourth-order valence-corrected chi connectivity index (χ4v) is 2.56. The maximum Gasteiger partial charge on any atom is 0.315 e. The fraction of sp³-hybridized carbons (Fsp3) is 0.917. The summed E-state index contributed by atoms with van der Waals surface area (Å²) in [6.45, 7) is 3.10. The number of rotatable bonds is 3. The molecule has 0 atom stereocenters. The summed E-state index contributed by atoms with van der Waals surface area (Å²) in [6, 6.07) is 0.467. The number of amides is 2. The molecule has 15 heavy (non-hydrogen) atoms. The van der Waals surface area contributed by atoms with Gasteiger partial charge in [-0.3, -0.25) is 0 Å². The van der Waals surface area contributed by atoms with Gasteiger partial charge in [-0.1, -0.05) is 26.2 Å². The Balaban J connectivity index is 1.63. The molecule has 0 saturated heterocycles. The third kappa shape index (κ3) is 2.86. The number of nitrogens with one attached hydrogen (secondary N) is 2. The molecule has 2 aliphatic rings. The largest absolute Gasteiger partial charge is 0.338 e. The Bertz CT molecular complexity index is 230. The molecule has 3 heteroatoms. The molecule has 0 radical (unpaired) electrons. The van der Waals surface area contributed by atoms with Gasteiger partial charge in [-0.2, -0.15) is 0 Å². The average Bonchev–Trinajstić information content (AvgIpc) is 2.64. The highest BCUT2D eigenvalue weighted by Gasteiger charge is 2.32. The second-order valence-corrected chi connectivity index (χ2v) is 5.47. The van der Waals surface area contributed by atoms with Crippen LogP contribution in [0.3, 0.4) is 0 Å². The first-order valence-corrected chi connectivity index (χ1v) is 6.22. The SMILES string of the molecule is CC1(CNC(=O)NC2CCCC2)CCC1. The number of hydrogen-bond donors (Lipinski definition) is 2. The smallest absolute Gasteiger partial charge is 0.315 e. The molecule has 0 aromatic carbocycles.